The summed E-state index contributed by atoms with van der Waals surface area (Å²) >= 11 is 1.21. The van der Waals surface area contributed by atoms with Crippen LogP contribution in [0.2, 0.25) is 0 Å². The molecule has 0 aliphatic carbocycles. The third-order valence-electron chi connectivity index (χ3n) is 3.72. The van der Waals surface area contributed by atoms with E-state index >= 15 is 0 Å². The molecule has 2 aromatic rings. The number of nitrogens with zero attached hydrogens (tertiary/aromatic N) is 1. The minimum atomic E-state index is -1.03. The molecule has 126 valence electrons. The number of amidine groups is 1. The van der Waals surface area contributed by atoms with E-state index in [1.807, 2.05) is 31.2 Å². The lowest BCUT2D eigenvalue weighted by Crippen LogP contribution is -2.19. The highest BCUT2D eigenvalue weighted by Gasteiger charge is 2.24. The van der Waals surface area contributed by atoms with Crippen LogP contribution >= 0.6 is 11.8 Å². The molecule has 1 aliphatic rings. The Bertz CT molecular complexity index is 903. The van der Waals surface area contributed by atoms with Crippen LogP contribution in [0.5, 0.6) is 0 Å². The molecule has 0 atom stereocenters. The minimum Gasteiger partial charge on any atom is -0.478 e. The molecule has 2 aromatic carbocycles. The van der Waals surface area contributed by atoms with Crippen molar-refractivity contribution in [2.75, 3.05) is 0 Å². The van der Waals surface area contributed by atoms with E-state index in [2.05, 4.69) is 10.3 Å². The Morgan fingerprint density at radius 3 is 2.68 bits per heavy atom. The van der Waals surface area contributed by atoms with Gasteiger partial charge in [0.15, 0.2) is 5.17 Å². The molecule has 0 unspecified atom stereocenters. The predicted octanol–water partition coefficient (Wildman–Crippen LogP) is 3.84. The number of aromatic carboxylic acids is 1. The standard InChI is InChI=1S/C19H16N2O3S/c1-2-12-7-4-6-10-15(12)20-19-21-17(22)16(25-19)11-13-8-3-5-9-14(13)18(23)24/h3-11H,2H2,1H3,(H,23,24)(H,20,21,22)/b16-11+. The first-order valence-electron chi connectivity index (χ1n) is 7.78. The van der Waals surface area contributed by atoms with Gasteiger partial charge < -0.3 is 10.4 Å². The van der Waals surface area contributed by atoms with Gasteiger partial charge >= 0.3 is 5.97 Å². The van der Waals surface area contributed by atoms with Gasteiger partial charge in [0, 0.05) is 0 Å². The molecule has 0 spiro atoms. The topological polar surface area (TPSA) is 78.8 Å². The summed E-state index contributed by atoms with van der Waals surface area (Å²) in [7, 11) is 0. The van der Waals surface area contributed by atoms with Crippen LogP contribution in [-0.4, -0.2) is 22.2 Å². The zero-order valence-electron chi connectivity index (χ0n) is 13.5. The van der Waals surface area contributed by atoms with Gasteiger partial charge in [0.2, 0.25) is 0 Å². The van der Waals surface area contributed by atoms with E-state index in [-0.39, 0.29) is 11.5 Å². The summed E-state index contributed by atoms with van der Waals surface area (Å²) in [6.45, 7) is 2.05. The van der Waals surface area contributed by atoms with Gasteiger partial charge in [0.1, 0.15) is 0 Å². The second kappa shape index (κ2) is 7.36. The number of hydrogen-bond acceptors (Lipinski definition) is 4. The molecule has 0 radical (unpaired) electrons. The highest BCUT2D eigenvalue weighted by atomic mass is 32.2. The Kier molecular flexibility index (Phi) is 5.00. The maximum atomic E-state index is 12.2. The van der Waals surface area contributed by atoms with Crippen molar-refractivity contribution in [3.63, 3.8) is 0 Å². The number of aliphatic imine (C=N–C) groups is 1. The minimum absolute atomic E-state index is 0.158. The van der Waals surface area contributed by atoms with Crippen molar-refractivity contribution >= 4 is 40.6 Å². The molecule has 1 fully saturated rings. The predicted molar refractivity (Wildman–Crippen MR) is 100 cm³/mol. The Labute approximate surface area is 149 Å². The number of rotatable bonds is 4. The van der Waals surface area contributed by atoms with Gasteiger partial charge in [0.25, 0.3) is 5.91 Å². The van der Waals surface area contributed by atoms with Crippen LogP contribution in [0, 0.1) is 0 Å². The first-order valence-corrected chi connectivity index (χ1v) is 8.60. The van der Waals surface area contributed by atoms with Crippen molar-refractivity contribution in [2.45, 2.75) is 13.3 Å². The van der Waals surface area contributed by atoms with Crippen LogP contribution in [0.15, 0.2) is 58.4 Å². The lowest BCUT2D eigenvalue weighted by Gasteiger charge is -2.02. The number of para-hydroxylation sites is 1. The van der Waals surface area contributed by atoms with E-state index in [1.165, 1.54) is 17.8 Å². The number of carbonyl (C=O) groups is 2. The number of carboxylic acid groups (broad SMARTS) is 1. The van der Waals surface area contributed by atoms with Gasteiger partial charge in [-0.25, -0.2) is 9.79 Å². The molecule has 1 heterocycles. The number of carboxylic acids is 1. The quantitative estimate of drug-likeness (QED) is 0.820. The van der Waals surface area contributed by atoms with Crippen LogP contribution in [0.1, 0.15) is 28.4 Å². The molecule has 6 heteroatoms. The molecule has 25 heavy (non-hydrogen) atoms. The summed E-state index contributed by atoms with van der Waals surface area (Å²) in [6, 6.07) is 14.3. The zero-order chi connectivity index (χ0) is 17.8. The normalized spacial score (nSPS) is 17.1. The molecule has 1 aliphatic heterocycles. The van der Waals surface area contributed by atoms with E-state index in [0.717, 1.165) is 17.7 Å². The van der Waals surface area contributed by atoms with Crippen LogP contribution in [0.3, 0.4) is 0 Å². The Morgan fingerprint density at radius 2 is 1.92 bits per heavy atom. The first kappa shape index (κ1) is 17.0. The van der Waals surface area contributed by atoms with Crippen LogP contribution in [0.25, 0.3) is 6.08 Å². The average molecular weight is 352 g/mol. The van der Waals surface area contributed by atoms with Crippen LogP contribution in [0.4, 0.5) is 5.69 Å². The summed E-state index contributed by atoms with van der Waals surface area (Å²) in [5, 5.41) is 12.5. The molecule has 5 nitrogen and oxygen atoms in total. The van der Waals surface area contributed by atoms with Gasteiger partial charge in [-0.2, -0.15) is 0 Å². The lowest BCUT2D eigenvalue weighted by molar-refractivity contribution is -0.115. The van der Waals surface area contributed by atoms with Crippen LogP contribution < -0.4 is 5.32 Å². The van der Waals surface area contributed by atoms with E-state index in [4.69, 9.17) is 0 Å². The maximum absolute atomic E-state index is 12.2. The molecular weight excluding hydrogens is 336 g/mol. The van der Waals surface area contributed by atoms with E-state index in [9.17, 15) is 14.7 Å². The fourth-order valence-corrected chi connectivity index (χ4v) is 3.29. The second-order valence-corrected chi connectivity index (χ2v) is 6.39. The Morgan fingerprint density at radius 1 is 1.20 bits per heavy atom. The molecule has 0 bridgehead atoms. The number of aryl methyl sites for hydroxylation is 1. The van der Waals surface area contributed by atoms with Crippen molar-refractivity contribution in [2.24, 2.45) is 4.99 Å². The summed E-state index contributed by atoms with van der Waals surface area (Å²) in [5.41, 5.74) is 2.56. The summed E-state index contributed by atoms with van der Waals surface area (Å²) < 4.78 is 0. The molecule has 1 amide bonds. The molecule has 0 saturated carbocycles. The van der Waals surface area contributed by atoms with Gasteiger partial charge in [-0.3, -0.25) is 4.79 Å². The van der Waals surface area contributed by atoms with Crippen LogP contribution in [-0.2, 0) is 11.2 Å². The molecule has 0 aromatic heterocycles. The van der Waals surface area contributed by atoms with E-state index < -0.39 is 5.97 Å². The monoisotopic (exact) mass is 352 g/mol. The van der Waals surface area contributed by atoms with E-state index in [1.54, 1.807) is 24.3 Å². The third kappa shape index (κ3) is 3.80. The number of carbonyl (C=O) groups excluding carboxylic acids is 1. The molecule has 1 saturated heterocycles. The fraction of sp³-hybridized carbons (Fsp3) is 0.105. The van der Waals surface area contributed by atoms with E-state index in [0.29, 0.717) is 15.6 Å². The first-order chi connectivity index (χ1) is 12.1. The number of hydrogen-bond donors (Lipinski definition) is 2. The van der Waals surface area contributed by atoms with Crippen molar-refractivity contribution in [3.05, 3.63) is 70.1 Å². The fourth-order valence-electron chi connectivity index (χ4n) is 2.47. The Hall–Kier alpha value is -2.86. The lowest BCUT2D eigenvalue weighted by atomic mass is 10.1. The highest BCUT2D eigenvalue weighted by molar-refractivity contribution is 8.18. The summed E-state index contributed by atoms with van der Waals surface area (Å²) in [5.74, 6) is -1.31. The largest absolute Gasteiger partial charge is 0.478 e. The highest BCUT2D eigenvalue weighted by Crippen LogP contribution is 2.30. The maximum Gasteiger partial charge on any atom is 0.336 e. The van der Waals surface area contributed by atoms with Gasteiger partial charge in [0.05, 0.1) is 16.2 Å². The number of nitrogens with one attached hydrogen (secondary N) is 1. The molecule has 3 rings (SSSR count). The van der Waals surface area contributed by atoms with Crippen molar-refractivity contribution < 1.29 is 14.7 Å². The molecule has 2 N–H and O–H groups in total. The zero-order valence-corrected chi connectivity index (χ0v) is 14.3. The Balaban J connectivity index is 1.91. The van der Waals surface area contributed by atoms with Gasteiger partial charge in [-0.15, -0.1) is 0 Å². The van der Waals surface area contributed by atoms with Crippen molar-refractivity contribution in [3.8, 4) is 0 Å². The number of amides is 1. The third-order valence-corrected chi connectivity index (χ3v) is 4.63. The SMILES string of the molecule is CCc1ccccc1N=C1NC(=O)/C(=C\c2ccccc2C(=O)O)S1. The number of thioether (sulfide) groups is 1. The van der Waals surface area contributed by atoms with Gasteiger partial charge in [-0.05, 0) is 47.5 Å². The number of benzene rings is 2. The summed E-state index contributed by atoms with van der Waals surface area (Å²) in [4.78, 5) is 28.4. The smallest absolute Gasteiger partial charge is 0.336 e. The average Bonchev–Trinajstić information content (AvgIpc) is 2.95. The van der Waals surface area contributed by atoms with Crippen molar-refractivity contribution in [1.82, 2.24) is 5.32 Å². The summed E-state index contributed by atoms with van der Waals surface area (Å²) in [6.07, 6.45) is 2.43. The molecular formula is C19H16N2O3S. The second-order valence-electron chi connectivity index (χ2n) is 5.36. The van der Waals surface area contributed by atoms with Gasteiger partial charge in [-0.1, -0.05) is 43.3 Å². The van der Waals surface area contributed by atoms with Crippen molar-refractivity contribution in [1.29, 1.82) is 0 Å².